The number of allylic oxidation sites excluding steroid dienone is 2. The molecule has 1 saturated heterocycles. The minimum atomic E-state index is -2.56. The minimum absolute atomic E-state index is 0. The first-order valence-corrected chi connectivity index (χ1v) is 19.2. The fraction of sp³-hybridized carbons (Fsp3) is 0.176. The van der Waals surface area contributed by atoms with Crippen molar-refractivity contribution in [3.8, 4) is 22.3 Å². The number of hydrogen-bond donors (Lipinski definition) is 0. The van der Waals surface area contributed by atoms with Gasteiger partial charge in [0, 0.05) is 0 Å². The Morgan fingerprint density at radius 1 is 0.514 bits per heavy atom. The standard InChI is InChI=1S/2C16H13.C2H4.2FH.Zr/c2*1-12-10-14-8-5-9-15(16(14)11-12)13-6-3-2-4-7-13;1-2;;;/h2*2-11H,1H3;1-2H2;2*1H;/q;;;;;+2/p-2. The second-order valence-electron chi connectivity index (χ2n) is 10.7. The molecule has 0 amide bonds. The number of halogens is 2. The zero-order chi connectivity index (χ0) is 23.6. The molecule has 184 valence electrons. The SMILES string of the molecule is CC1=Cc2c(-c3ccccc3)cccc2[CH]1[Zr+2]1([CH]2C(C)=Cc3c(-c4ccccc4)cccc32)[CH2][CH2]1.[F-].[F-]. The maximum absolute atomic E-state index is 2.56. The van der Waals surface area contributed by atoms with Crippen LogP contribution in [-0.4, -0.2) is 0 Å². The van der Waals surface area contributed by atoms with E-state index in [9.17, 15) is 0 Å². The molecule has 0 saturated carbocycles. The predicted octanol–water partition coefficient (Wildman–Crippen LogP) is 3.65. The van der Waals surface area contributed by atoms with E-state index in [0.717, 1.165) is 0 Å². The Kier molecular flexibility index (Phi) is 6.79. The summed E-state index contributed by atoms with van der Waals surface area (Å²) in [5.74, 6) is 0. The fourth-order valence-electron chi connectivity index (χ4n) is 7.26. The molecule has 0 radical (unpaired) electrons. The first kappa shape index (κ1) is 25.7. The van der Waals surface area contributed by atoms with Gasteiger partial charge in [0.15, 0.2) is 0 Å². The number of fused-ring (bicyclic) bond motifs is 2. The van der Waals surface area contributed by atoms with Crippen LogP contribution in [0.4, 0.5) is 0 Å². The van der Waals surface area contributed by atoms with Crippen LogP contribution in [0.2, 0.25) is 8.26 Å². The smallest absolute Gasteiger partial charge is 1.00 e. The summed E-state index contributed by atoms with van der Waals surface area (Å²) in [5.41, 5.74) is 14.9. The zero-order valence-corrected chi connectivity index (χ0v) is 23.7. The molecule has 3 aliphatic rings. The van der Waals surface area contributed by atoms with Crippen molar-refractivity contribution in [1.82, 2.24) is 0 Å². The monoisotopic (exact) mass is 566 g/mol. The van der Waals surface area contributed by atoms with Crippen molar-refractivity contribution in [3.05, 3.63) is 130 Å². The van der Waals surface area contributed by atoms with E-state index in [1.165, 1.54) is 41.6 Å². The van der Waals surface area contributed by atoms with Gasteiger partial charge in [-0.1, -0.05) is 0 Å². The molecule has 37 heavy (non-hydrogen) atoms. The summed E-state index contributed by atoms with van der Waals surface area (Å²) in [6.45, 7) is 4.84. The van der Waals surface area contributed by atoms with Gasteiger partial charge in [-0.15, -0.1) is 0 Å². The van der Waals surface area contributed by atoms with Gasteiger partial charge in [0.1, 0.15) is 0 Å². The second kappa shape index (κ2) is 9.77. The van der Waals surface area contributed by atoms with E-state index in [-0.39, 0.29) is 9.41 Å². The number of rotatable bonds is 4. The second-order valence-corrected chi connectivity index (χ2v) is 22.1. The van der Waals surface area contributed by atoms with E-state index < -0.39 is 20.3 Å². The summed E-state index contributed by atoms with van der Waals surface area (Å²) in [6, 6.07) is 36.0. The summed E-state index contributed by atoms with van der Waals surface area (Å²) < 4.78 is 4.40. The van der Waals surface area contributed by atoms with Gasteiger partial charge < -0.3 is 9.41 Å². The van der Waals surface area contributed by atoms with Gasteiger partial charge in [-0.05, 0) is 0 Å². The predicted molar refractivity (Wildman–Crippen MR) is 146 cm³/mol. The first-order chi connectivity index (χ1) is 17.2. The van der Waals surface area contributed by atoms with Crippen molar-refractivity contribution in [3.63, 3.8) is 0 Å². The molecule has 4 aromatic rings. The molecule has 3 heteroatoms. The molecular weight excluding hydrogens is 538 g/mol. The van der Waals surface area contributed by atoms with Crippen LogP contribution in [-0.2, 0) is 20.3 Å². The zero-order valence-electron chi connectivity index (χ0n) is 21.2. The molecule has 4 aromatic carbocycles. The third-order valence-electron chi connectivity index (χ3n) is 8.70. The maximum atomic E-state index is 2.54. The van der Waals surface area contributed by atoms with E-state index in [0.29, 0.717) is 7.25 Å². The molecule has 2 aliphatic carbocycles. The summed E-state index contributed by atoms with van der Waals surface area (Å²) >= 11 is -2.56. The molecule has 0 nitrogen and oxygen atoms in total. The van der Waals surface area contributed by atoms with E-state index in [1.54, 1.807) is 22.3 Å². The minimum Gasteiger partial charge on any atom is -1.00 e. The fourth-order valence-corrected chi connectivity index (χ4v) is 25.0. The molecule has 1 fully saturated rings. The Morgan fingerprint density at radius 3 is 1.30 bits per heavy atom. The van der Waals surface area contributed by atoms with Crippen molar-refractivity contribution in [2.45, 2.75) is 29.4 Å². The van der Waals surface area contributed by atoms with E-state index in [4.69, 9.17) is 0 Å². The van der Waals surface area contributed by atoms with Gasteiger partial charge in [-0.2, -0.15) is 0 Å². The molecule has 0 spiro atoms. The summed E-state index contributed by atoms with van der Waals surface area (Å²) in [5, 5.41) is 0. The van der Waals surface area contributed by atoms with Crippen LogP contribution in [0.25, 0.3) is 34.4 Å². The normalized spacial score (nSPS) is 19.2. The topological polar surface area (TPSA) is 0 Å². The maximum Gasteiger partial charge on any atom is -1.00 e. The third-order valence-corrected chi connectivity index (χ3v) is 22.2. The largest absolute Gasteiger partial charge is 1.00 e. The molecule has 2 unspecified atom stereocenters. The van der Waals surface area contributed by atoms with Gasteiger partial charge in [-0.25, -0.2) is 0 Å². The van der Waals surface area contributed by atoms with Crippen LogP contribution < -0.4 is 9.41 Å². The Bertz CT molecular complexity index is 1400. The third kappa shape index (κ3) is 3.94. The molecular formula is C34H30F2Zr. The Labute approximate surface area is 222 Å². The van der Waals surface area contributed by atoms with Crippen molar-refractivity contribution >= 4 is 12.2 Å². The molecule has 0 bridgehead atoms. The Balaban J connectivity index is 0.00000140. The quantitative estimate of drug-likeness (QED) is 0.353. The van der Waals surface area contributed by atoms with Gasteiger partial charge >= 0.3 is 214 Å². The molecule has 1 aliphatic heterocycles. The van der Waals surface area contributed by atoms with Crippen LogP contribution in [0.3, 0.4) is 0 Å². The van der Waals surface area contributed by atoms with Crippen LogP contribution in [0.1, 0.15) is 43.4 Å². The molecule has 0 N–H and O–H groups in total. The number of hydrogen-bond acceptors (Lipinski definition) is 0. The van der Waals surface area contributed by atoms with Crippen molar-refractivity contribution in [2.24, 2.45) is 0 Å². The summed E-state index contributed by atoms with van der Waals surface area (Å²) in [7, 11) is 0. The Hall–Kier alpha value is -2.90. The molecule has 1 heterocycles. The van der Waals surface area contributed by atoms with Gasteiger partial charge in [-0.3, -0.25) is 0 Å². The molecule has 7 rings (SSSR count). The van der Waals surface area contributed by atoms with E-state index >= 15 is 0 Å². The number of benzene rings is 4. The van der Waals surface area contributed by atoms with Gasteiger partial charge in [0.05, 0.1) is 0 Å². The first-order valence-electron chi connectivity index (χ1n) is 12.9. The summed E-state index contributed by atoms with van der Waals surface area (Å²) in [6.07, 6.45) is 5.07. The Morgan fingerprint density at radius 2 is 0.919 bits per heavy atom. The van der Waals surface area contributed by atoms with Crippen molar-refractivity contribution < 1.29 is 29.7 Å². The van der Waals surface area contributed by atoms with Crippen molar-refractivity contribution in [1.29, 1.82) is 0 Å². The van der Waals surface area contributed by atoms with Crippen LogP contribution in [0.5, 0.6) is 0 Å². The average Bonchev–Trinajstić information content (AvgIpc) is 3.47. The van der Waals surface area contributed by atoms with E-state index in [2.05, 4.69) is 123 Å². The van der Waals surface area contributed by atoms with E-state index in [1.807, 2.05) is 0 Å². The van der Waals surface area contributed by atoms with Crippen LogP contribution >= 0.6 is 0 Å². The van der Waals surface area contributed by atoms with Gasteiger partial charge in [0.25, 0.3) is 0 Å². The molecule has 0 aromatic heterocycles. The van der Waals surface area contributed by atoms with Crippen LogP contribution in [0, 0.1) is 0 Å². The van der Waals surface area contributed by atoms with Crippen LogP contribution in [0.15, 0.2) is 108 Å². The summed E-state index contributed by atoms with van der Waals surface area (Å²) in [4.78, 5) is 0. The van der Waals surface area contributed by atoms with Gasteiger partial charge in [0.2, 0.25) is 0 Å². The van der Waals surface area contributed by atoms with Crippen molar-refractivity contribution in [2.75, 3.05) is 0 Å². The average molecular weight is 568 g/mol. The molecule has 2 atom stereocenters.